The third-order valence-corrected chi connectivity index (χ3v) is 3.72. The molecule has 2 heterocycles. The molecule has 3 rings (SSSR count). The van der Waals surface area contributed by atoms with Gasteiger partial charge < -0.3 is 5.11 Å². The molecule has 0 radical (unpaired) electrons. The van der Waals surface area contributed by atoms with Gasteiger partial charge in [-0.05, 0) is 18.3 Å². The molecule has 0 spiro atoms. The highest BCUT2D eigenvalue weighted by atomic mass is 32.1. The molecule has 1 aliphatic heterocycles. The largest absolute Gasteiger partial charge is 0.494 e. The number of aromatic amines is 1. The fourth-order valence-corrected chi connectivity index (χ4v) is 2.51. The molecule has 120 valence electrons. The maximum Gasteiger partial charge on any atom is 0.262 e. The second-order valence-corrected chi connectivity index (χ2v) is 5.41. The first-order valence-corrected chi connectivity index (χ1v) is 7.58. The third kappa shape index (κ3) is 3.02. The van der Waals surface area contributed by atoms with E-state index in [1.807, 2.05) is 30.3 Å². The van der Waals surface area contributed by atoms with Crippen LogP contribution in [0.2, 0.25) is 0 Å². The molecule has 7 heteroatoms. The number of nitrogens with one attached hydrogen (secondary N) is 1. The minimum absolute atomic E-state index is 0.0740. The Labute approximate surface area is 142 Å². The van der Waals surface area contributed by atoms with Crippen LogP contribution >= 0.6 is 12.2 Å². The van der Waals surface area contributed by atoms with Crippen molar-refractivity contribution in [2.45, 2.75) is 6.54 Å². The fourth-order valence-electron chi connectivity index (χ4n) is 2.25. The summed E-state index contributed by atoms with van der Waals surface area (Å²) in [5.41, 5.74) is 0.932. The summed E-state index contributed by atoms with van der Waals surface area (Å²) in [4.78, 5) is 23.2. The molecule has 6 nitrogen and oxygen atoms in total. The van der Waals surface area contributed by atoms with Gasteiger partial charge in [-0.25, -0.2) is 9.98 Å². The lowest BCUT2D eigenvalue weighted by Crippen LogP contribution is -2.16. The summed E-state index contributed by atoms with van der Waals surface area (Å²) in [6, 6.07) is 9.49. The Bertz CT molecular complexity index is 997. The Morgan fingerprint density at radius 1 is 1.33 bits per heavy atom. The van der Waals surface area contributed by atoms with E-state index < -0.39 is 5.56 Å². The molecule has 0 aliphatic carbocycles. The molecule has 2 N–H and O–H groups in total. The molecule has 0 atom stereocenters. The van der Waals surface area contributed by atoms with Crippen molar-refractivity contribution >= 4 is 30.3 Å². The number of amidine groups is 1. The number of aliphatic imine (C=N–C) groups is 2. The first-order chi connectivity index (χ1) is 11.6. The highest BCUT2D eigenvalue weighted by Crippen LogP contribution is 2.19. The van der Waals surface area contributed by atoms with Gasteiger partial charge in [0.25, 0.3) is 5.56 Å². The van der Waals surface area contributed by atoms with Crippen molar-refractivity contribution in [3.63, 3.8) is 0 Å². The second-order valence-electron chi connectivity index (χ2n) is 5.02. The number of nitrogens with zero attached hydrogens (tertiary/aromatic N) is 3. The minimum Gasteiger partial charge on any atom is -0.494 e. The van der Waals surface area contributed by atoms with Crippen molar-refractivity contribution in [1.29, 1.82) is 0 Å². The Balaban J connectivity index is 2.05. The van der Waals surface area contributed by atoms with Crippen LogP contribution in [-0.4, -0.2) is 26.7 Å². The zero-order valence-electron chi connectivity index (χ0n) is 12.6. The Hall–Kier alpha value is -3.06. The summed E-state index contributed by atoms with van der Waals surface area (Å²) in [7, 11) is 0. The summed E-state index contributed by atoms with van der Waals surface area (Å²) in [5.74, 6) is 0.324. The SMILES string of the molecule is C=CCn1c(O)c(C=C2C=NC(c3ccccc3)=N2)c(=O)[nH]c1=S. The number of allylic oxidation sites excluding steroid dienone is 2. The van der Waals surface area contributed by atoms with Gasteiger partial charge in [0, 0.05) is 12.1 Å². The highest BCUT2D eigenvalue weighted by molar-refractivity contribution is 7.71. The number of aromatic nitrogens is 2. The predicted molar refractivity (Wildman–Crippen MR) is 97.2 cm³/mol. The van der Waals surface area contributed by atoms with Gasteiger partial charge in [0.2, 0.25) is 5.88 Å². The second kappa shape index (κ2) is 6.59. The fraction of sp³-hybridized carbons (Fsp3) is 0.0588. The smallest absolute Gasteiger partial charge is 0.262 e. The minimum atomic E-state index is -0.484. The van der Waals surface area contributed by atoms with E-state index in [0.717, 1.165) is 5.56 Å². The van der Waals surface area contributed by atoms with Crippen molar-refractivity contribution in [3.8, 4) is 5.88 Å². The van der Waals surface area contributed by atoms with Crippen molar-refractivity contribution < 1.29 is 5.11 Å². The summed E-state index contributed by atoms with van der Waals surface area (Å²) in [6.45, 7) is 3.89. The van der Waals surface area contributed by atoms with Gasteiger partial charge in [-0.2, -0.15) is 0 Å². The van der Waals surface area contributed by atoms with Gasteiger partial charge in [-0.15, -0.1) is 6.58 Å². The van der Waals surface area contributed by atoms with E-state index in [-0.39, 0.29) is 22.8 Å². The zero-order chi connectivity index (χ0) is 17.1. The number of hydrogen-bond donors (Lipinski definition) is 2. The molecule has 1 aromatic heterocycles. The van der Waals surface area contributed by atoms with Gasteiger partial charge in [0.15, 0.2) is 10.6 Å². The lowest BCUT2D eigenvalue weighted by atomic mass is 10.2. The summed E-state index contributed by atoms with van der Waals surface area (Å²) in [5, 5.41) is 10.3. The van der Waals surface area contributed by atoms with E-state index in [1.54, 1.807) is 12.3 Å². The van der Waals surface area contributed by atoms with Crippen LogP contribution in [0.15, 0.2) is 63.5 Å². The molecule has 0 saturated carbocycles. The van der Waals surface area contributed by atoms with Crippen molar-refractivity contribution in [2.75, 3.05) is 0 Å². The number of H-pyrrole nitrogens is 1. The van der Waals surface area contributed by atoms with E-state index in [9.17, 15) is 9.90 Å². The van der Waals surface area contributed by atoms with Gasteiger partial charge in [0.1, 0.15) is 5.56 Å². The quantitative estimate of drug-likeness (QED) is 0.664. The molecule has 0 amide bonds. The standard InChI is InChI=1S/C17H14N4O2S/c1-2-8-21-16(23)13(15(22)20-17(21)24)9-12-10-18-14(19-12)11-6-4-3-5-7-11/h2-7,9-10,23H,1,8H2,(H,20,22,24). The summed E-state index contributed by atoms with van der Waals surface area (Å²) < 4.78 is 1.51. The molecule has 0 fully saturated rings. The number of aromatic hydroxyl groups is 1. The molecule has 1 aliphatic rings. The number of benzene rings is 1. The first kappa shape index (κ1) is 15.8. The highest BCUT2D eigenvalue weighted by Gasteiger charge is 2.13. The molecule has 0 unspecified atom stereocenters. The average Bonchev–Trinajstić information content (AvgIpc) is 3.05. The van der Waals surface area contributed by atoms with E-state index in [4.69, 9.17) is 12.2 Å². The normalized spacial score (nSPS) is 14.8. The first-order valence-electron chi connectivity index (χ1n) is 7.17. The molecule has 0 bridgehead atoms. The summed E-state index contributed by atoms with van der Waals surface area (Å²) >= 11 is 5.04. The molecular weight excluding hydrogens is 324 g/mol. The van der Waals surface area contributed by atoms with Crippen LogP contribution in [0.25, 0.3) is 6.08 Å². The molecule has 0 saturated heterocycles. The Morgan fingerprint density at radius 3 is 2.79 bits per heavy atom. The van der Waals surface area contributed by atoms with Crippen molar-refractivity contribution in [3.05, 3.63) is 74.9 Å². The zero-order valence-corrected chi connectivity index (χ0v) is 13.5. The molecule has 1 aromatic carbocycles. The van der Waals surface area contributed by atoms with Crippen LogP contribution < -0.4 is 5.56 Å². The number of rotatable bonds is 4. The van der Waals surface area contributed by atoms with Crippen LogP contribution in [0.5, 0.6) is 5.88 Å². The lowest BCUT2D eigenvalue weighted by Gasteiger charge is -2.08. The van der Waals surface area contributed by atoms with E-state index in [1.165, 1.54) is 10.6 Å². The van der Waals surface area contributed by atoms with Crippen LogP contribution in [0, 0.1) is 4.77 Å². The maximum atomic E-state index is 12.1. The van der Waals surface area contributed by atoms with Crippen molar-refractivity contribution in [2.24, 2.45) is 9.98 Å². The number of hydrogen-bond acceptors (Lipinski definition) is 5. The van der Waals surface area contributed by atoms with E-state index in [0.29, 0.717) is 11.5 Å². The van der Waals surface area contributed by atoms with Crippen LogP contribution in [-0.2, 0) is 6.54 Å². The molecule has 24 heavy (non-hydrogen) atoms. The van der Waals surface area contributed by atoms with Gasteiger partial charge in [0.05, 0.1) is 11.9 Å². The maximum absolute atomic E-state index is 12.1. The Morgan fingerprint density at radius 2 is 2.08 bits per heavy atom. The summed E-state index contributed by atoms with van der Waals surface area (Å²) in [6.07, 6.45) is 4.59. The Kier molecular flexibility index (Phi) is 4.35. The van der Waals surface area contributed by atoms with Crippen LogP contribution in [0.1, 0.15) is 11.1 Å². The molecule has 2 aromatic rings. The topological polar surface area (TPSA) is 82.7 Å². The van der Waals surface area contributed by atoms with E-state index in [2.05, 4.69) is 21.5 Å². The predicted octanol–water partition coefficient (Wildman–Crippen LogP) is 2.67. The van der Waals surface area contributed by atoms with Crippen LogP contribution in [0.4, 0.5) is 0 Å². The van der Waals surface area contributed by atoms with E-state index >= 15 is 0 Å². The van der Waals surface area contributed by atoms with Gasteiger partial charge >= 0.3 is 0 Å². The van der Waals surface area contributed by atoms with Gasteiger partial charge in [-0.3, -0.25) is 14.3 Å². The third-order valence-electron chi connectivity index (χ3n) is 3.40. The van der Waals surface area contributed by atoms with Crippen molar-refractivity contribution in [1.82, 2.24) is 9.55 Å². The average molecular weight is 338 g/mol. The molecular formula is C17H14N4O2S. The van der Waals surface area contributed by atoms with Gasteiger partial charge in [-0.1, -0.05) is 36.4 Å². The van der Waals surface area contributed by atoms with Crippen LogP contribution in [0.3, 0.4) is 0 Å². The monoisotopic (exact) mass is 338 g/mol. The lowest BCUT2D eigenvalue weighted by molar-refractivity contribution is 0.412.